The lowest BCUT2D eigenvalue weighted by Crippen LogP contribution is -2.72. The van der Waals surface area contributed by atoms with Crippen LogP contribution in [0.15, 0.2) is 24.3 Å². The lowest BCUT2D eigenvalue weighted by atomic mass is 9.53. The fourth-order valence-corrected chi connectivity index (χ4v) is 4.83. The molecule has 118 valence electrons. The lowest BCUT2D eigenvalue weighted by Gasteiger charge is -2.56. The number of phenols is 1. The summed E-state index contributed by atoms with van der Waals surface area (Å²) < 4.78 is 6.19. The standard InChI is InChI=1S/C18H23NO3/c1-4-10(2)16-18-7-8-19-13(17(18,3)21)9-11-5-6-12(20)15(22-16)14(11)18/h5-6,13,16,19-21H,2,4,7-9H2,1,3H3. The number of fused-ring (bicyclic) bond motifs is 1. The minimum absolute atomic E-state index is 0.000000945. The van der Waals surface area contributed by atoms with Gasteiger partial charge in [0.05, 0.1) is 11.0 Å². The molecule has 4 rings (SSSR count). The number of benzene rings is 1. The summed E-state index contributed by atoms with van der Waals surface area (Å²) in [5, 5.41) is 25.2. The summed E-state index contributed by atoms with van der Waals surface area (Å²) >= 11 is 0. The van der Waals surface area contributed by atoms with Gasteiger partial charge in [0.2, 0.25) is 0 Å². The van der Waals surface area contributed by atoms with E-state index in [9.17, 15) is 10.2 Å². The summed E-state index contributed by atoms with van der Waals surface area (Å²) in [6.07, 6.45) is 2.06. The van der Waals surface area contributed by atoms with Gasteiger partial charge in [0, 0.05) is 11.6 Å². The molecule has 4 heteroatoms. The molecule has 0 saturated carbocycles. The predicted molar refractivity (Wildman–Crippen MR) is 84.4 cm³/mol. The molecule has 1 saturated heterocycles. The first-order valence-electron chi connectivity index (χ1n) is 8.09. The summed E-state index contributed by atoms with van der Waals surface area (Å²) in [7, 11) is 0. The molecule has 2 bridgehead atoms. The van der Waals surface area contributed by atoms with Crippen molar-refractivity contribution < 1.29 is 14.9 Å². The molecule has 4 nitrogen and oxygen atoms in total. The molecule has 2 heterocycles. The highest BCUT2D eigenvalue weighted by molar-refractivity contribution is 5.62. The van der Waals surface area contributed by atoms with Crippen LogP contribution >= 0.6 is 0 Å². The summed E-state index contributed by atoms with van der Waals surface area (Å²) in [6, 6.07) is 3.67. The van der Waals surface area contributed by atoms with Crippen LogP contribution in [0.1, 0.15) is 37.8 Å². The second-order valence-corrected chi connectivity index (χ2v) is 7.04. The number of nitrogens with one attached hydrogen (secondary N) is 1. The zero-order chi connectivity index (χ0) is 15.7. The van der Waals surface area contributed by atoms with E-state index in [-0.39, 0.29) is 17.9 Å². The SMILES string of the molecule is C=C(CC)C1Oc2c(O)ccc3c2C12CCNC(C3)C2(C)O. The van der Waals surface area contributed by atoms with Crippen LogP contribution in [0.4, 0.5) is 0 Å². The Bertz CT molecular complexity index is 667. The lowest BCUT2D eigenvalue weighted by molar-refractivity contribution is -0.105. The van der Waals surface area contributed by atoms with E-state index in [0.717, 1.165) is 36.9 Å². The molecule has 0 amide bonds. The first kappa shape index (κ1) is 14.1. The third kappa shape index (κ3) is 1.40. The quantitative estimate of drug-likeness (QED) is 0.732. The van der Waals surface area contributed by atoms with Gasteiger partial charge in [0.1, 0.15) is 6.10 Å². The Hall–Kier alpha value is -1.52. The van der Waals surface area contributed by atoms with Crippen LogP contribution in [-0.2, 0) is 11.8 Å². The Kier molecular flexibility index (Phi) is 2.73. The van der Waals surface area contributed by atoms with Crippen LogP contribution < -0.4 is 10.1 Å². The summed E-state index contributed by atoms with van der Waals surface area (Å²) in [6.45, 7) is 8.99. The predicted octanol–water partition coefficient (Wildman–Crippen LogP) is 2.03. The van der Waals surface area contributed by atoms with E-state index in [4.69, 9.17) is 4.74 Å². The van der Waals surface area contributed by atoms with Crippen molar-refractivity contribution in [2.75, 3.05) is 6.54 Å². The molecule has 2 aliphatic heterocycles. The van der Waals surface area contributed by atoms with E-state index in [1.807, 2.05) is 13.0 Å². The highest BCUT2D eigenvalue weighted by Crippen LogP contribution is 2.61. The van der Waals surface area contributed by atoms with Gasteiger partial charge in [-0.3, -0.25) is 0 Å². The van der Waals surface area contributed by atoms with Gasteiger partial charge in [-0.25, -0.2) is 0 Å². The maximum atomic E-state index is 11.4. The number of piperidine rings is 1. The van der Waals surface area contributed by atoms with Crippen LogP contribution in [-0.4, -0.2) is 34.5 Å². The van der Waals surface area contributed by atoms with Crippen molar-refractivity contribution in [1.29, 1.82) is 0 Å². The highest BCUT2D eigenvalue weighted by Gasteiger charge is 2.67. The van der Waals surface area contributed by atoms with Crippen molar-refractivity contribution in [2.45, 2.75) is 56.3 Å². The van der Waals surface area contributed by atoms with Crippen molar-refractivity contribution in [3.63, 3.8) is 0 Å². The van der Waals surface area contributed by atoms with Crippen LogP contribution in [0.25, 0.3) is 0 Å². The summed E-state index contributed by atoms with van der Waals surface area (Å²) in [5.74, 6) is 0.718. The fraction of sp³-hybridized carbons (Fsp3) is 0.556. The number of hydrogen-bond donors (Lipinski definition) is 3. The molecular formula is C18H23NO3. The number of hydrogen-bond acceptors (Lipinski definition) is 4. The molecule has 3 aliphatic rings. The second kappa shape index (κ2) is 4.27. The van der Waals surface area contributed by atoms with Gasteiger partial charge in [-0.15, -0.1) is 0 Å². The Labute approximate surface area is 130 Å². The van der Waals surface area contributed by atoms with Crippen molar-refractivity contribution in [3.8, 4) is 11.5 Å². The van der Waals surface area contributed by atoms with Crippen LogP contribution in [0.3, 0.4) is 0 Å². The van der Waals surface area contributed by atoms with Gasteiger partial charge in [-0.2, -0.15) is 0 Å². The van der Waals surface area contributed by atoms with Gasteiger partial charge >= 0.3 is 0 Å². The molecule has 0 aromatic heterocycles. The number of aliphatic hydroxyl groups is 1. The number of aromatic hydroxyl groups is 1. The van der Waals surface area contributed by atoms with Crippen LogP contribution in [0, 0.1) is 0 Å². The molecule has 1 fully saturated rings. The number of ether oxygens (including phenoxy) is 1. The van der Waals surface area contributed by atoms with Crippen molar-refractivity contribution >= 4 is 0 Å². The average molecular weight is 301 g/mol. The highest BCUT2D eigenvalue weighted by atomic mass is 16.5. The van der Waals surface area contributed by atoms with Crippen molar-refractivity contribution in [3.05, 3.63) is 35.4 Å². The smallest absolute Gasteiger partial charge is 0.166 e. The zero-order valence-corrected chi connectivity index (χ0v) is 13.1. The van der Waals surface area contributed by atoms with Gasteiger partial charge in [-0.05, 0) is 49.9 Å². The molecular weight excluding hydrogens is 278 g/mol. The minimum Gasteiger partial charge on any atom is -0.504 e. The van der Waals surface area contributed by atoms with Crippen molar-refractivity contribution in [2.24, 2.45) is 0 Å². The molecule has 4 unspecified atom stereocenters. The molecule has 1 aliphatic carbocycles. The number of phenolic OH excluding ortho intramolecular Hbond substituents is 1. The Morgan fingerprint density at radius 3 is 3.00 bits per heavy atom. The summed E-state index contributed by atoms with van der Waals surface area (Å²) in [4.78, 5) is 0. The Morgan fingerprint density at radius 1 is 1.50 bits per heavy atom. The minimum atomic E-state index is -0.930. The average Bonchev–Trinajstić information content (AvgIpc) is 2.81. The molecule has 1 aromatic carbocycles. The van der Waals surface area contributed by atoms with E-state index >= 15 is 0 Å². The maximum absolute atomic E-state index is 11.4. The first-order valence-corrected chi connectivity index (χ1v) is 8.09. The van der Waals surface area contributed by atoms with Crippen LogP contribution in [0.5, 0.6) is 11.5 Å². The second-order valence-electron chi connectivity index (χ2n) is 7.04. The maximum Gasteiger partial charge on any atom is 0.166 e. The van der Waals surface area contributed by atoms with Crippen molar-refractivity contribution in [1.82, 2.24) is 5.32 Å². The molecule has 3 N–H and O–H groups in total. The van der Waals surface area contributed by atoms with Crippen LogP contribution in [0.2, 0.25) is 0 Å². The Morgan fingerprint density at radius 2 is 2.27 bits per heavy atom. The van der Waals surface area contributed by atoms with Gasteiger partial charge in [0.25, 0.3) is 0 Å². The zero-order valence-electron chi connectivity index (χ0n) is 13.1. The third-order valence-corrected chi connectivity index (χ3v) is 6.09. The normalized spacial score (nSPS) is 38.3. The third-order valence-electron chi connectivity index (χ3n) is 6.09. The monoisotopic (exact) mass is 301 g/mol. The molecule has 1 aromatic rings. The number of rotatable bonds is 2. The van der Waals surface area contributed by atoms with E-state index < -0.39 is 11.0 Å². The molecule has 4 atom stereocenters. The largest absolute Gasteiger partial charge is 0.504 e. The van der Waals surface area contributed by atoms with Gasteiger partial charge in [-0.1, -0.05) is 19.6 Å². The topological polar surface area (TPSA) is 61.7 Å². The molecule has 22 heavy (non-hydrogen) atoms. The first-order chi connectivity index (χ1) is 10.4. The van der Waals surface area contributed by atoms with E-state index in [1.54, 1.807) is 6.07 Å². The van der Waals surface area contributed by atoms with Gasteiger partial charge in [0.15, 0.2) is 11.5 Å². The van der Waals surface area contributed by atoms with E-state index in [2.05, 4.69) is 18.8 Å². The van der Waals surface area contributed by atoms with Gasteiger partial charge < -0.3 is 20.3 Å². The molecule has 1 spiro atoms. The van der Waals surface area contributed by atoms with E-state index in [1.165, 1.54) is 5.56 Å². The van der Waals surface area contributed by atoms with E-state index in [0.29, 0.717) is 5.75 Å². The Balaban J connectivity index is 2.03. The molecule has 0 radical (unpaired) electrons. The fourth-order valence-electron chi connectivity index (χ4n) is 4.83. The summed E-state index contributed by atoms with van der Waals surface area (Å²) in [5.41, 5.74) is 1.71.